The van der Waals surface area contributed by atoms with Crippen molar-refractivity contribution in [3.05, 3.63) is 11.1 Å². The van der Waals surface area contributed by atoms with Gasteiger partial charge in [-0.2, -0.15) is 9.78 Å². The van der Waals surface area contributed by atoms with Crippen LogP contribution in [0.1, 0.15) is 0 Å². The summed E-state index contributed by atoms with van der Waals surface area (Å²) in [5, 5.41) is 2.86. The Morgan fingerprint density at radius 1 is 2.00 bits per heavy atom. The molecular weight excluding hydrogens is 158 g/mol. The molecule has 0 radical (unpaired) electrons. The van der Waals surface area contributed by atoms with Crippen molar-refractivity contribution in [3.63, 3.8) is 0 Å². The predicted octanol–water partition coefficient (Wildman–Crippen LogP) is -0.00330. The largest absolute Gasteiger partial charge is 0.318 e. The van der Waals surface area contributed by atoms with Crippen molar-refractivity contribution in [2.45, 2.75) is 0 Å². The molecule has 38 valence electrons. The quantitative estimate of drug-likeness (QED) is 0.536. The molecule has 7 heavy (non-hydrogen) atoms. The van der Waals surface area contributed by atoms with E-state index in [2.05, 4.69) is 26.0 Å². The molecule has 3 nitrogen and oxygen atoms in total. The van der Waals surface area contributed by atoms with Crippen molar-refractivity contribution in [2.75, 3.05) is 0 Å². The lowest BCUT2D eigenvalue weighted by atomic mass is 11.2. The first-order valence-corrected chi connectivity index (χ1v) is 2.64. The average molecular weight is 163 g/mol. The number of hydrogen-bond donors (Lipinski definition) is 1. The third kappa shape index (κ3) is 0.991. The van der Waals surface area contributed by atoms with Gasteiger partial charge in [-0.15, -0.1) is 0 Å². The van der Waals surface area contributed by atoms with E-state index in [1.54, 1.807) is 11.0 Å². The number of H-pyrrole nitrogens is 1. The third-order valence-corrected chi connectivity index (χ3v) is 0.995. The smallest absolute Gasteiger partial charge is 0.182 e. The molecule has 0 saturated heterocycles. The number of rotatable bonds is 0. The van der Waals surface area contributed by atoms with E-state index in [1.807, 2.05) is 7.05 Å². The monoisotopic (exact) mass is 162 g/mol. The van der Waals surface area contributed by atoms with E-state index in [4.69, 9.17) is 0 Å². The van der Waals surface area contributed by atoms with Crippen molar-refractivity contribution in [2.24, 2.45) is 7.05 Å². The molecule has 1 rings (SSSR count). The Kier molecular flexibility index (Phi) is 1.10. The van der Waals surface area contributed by atoms with Gasteiger partial charge in [0.05, 0.1) is 0 Å². The van der Waals surface area contributed by atoms with Gasteiger partial charge in [0.25, 0.3) is 0 Å². The van der Waals surface area contributed by atoms with Crippen LogP contribution >= 0.6 is 15.9 Å². The molecule has 0 aromatic carbocycles. The predicted molar refractivity (Wildman–Crippen MR) is 27.5 cm³/mol. The van der Waals surface area contributed by atoms with Crippen molar-refractivity contribution in [3.8, 4) is 0 Å². The molecule has 0 unspecified atom stereocenters. The zero-order chi connectivity index (χ0) is 5.28. The SMILES string of the molecule is C[n+]1cnc(Br)[nH]1. The van der Waals surface area contributed by atoms with Crippen LogP contribution in [0.4, 0.5) is 0 Å². The molecule has 0 atom stereocenters. The zero-order valence-electron chi connectivity index (χ0n) is 3.85. The van der Waals surface area contributed by atoms with Gasteiger partial charge in [-0.3, -0.25) is 0 Å². The van der Waals surface area contributed by atoms with Crippen molar-refractivity contribution >= 4 is 15.9 Å². The third-order valence-electron chi connectivity index (χ3n) is 0.613. The lowest BCUT2D eigenvalue weighted by Gasteiger charge is -1.69. The van der Waals surface area contributed by atoms with E-state index in [0.29, 0.717) is 0 Å². The molecule has 0 amide bonds. The lowest BCUT2D eigenvalue weighted by molar-refractivity contribution is -0.728. The van der Waals surface area contributed by atoms with Crippen LogP contribution in [-0.2, 0) is 7.05 Å². The molecule has 0 aliphatic rings. The maximum atomic E-state index is 3.84. The Hall–Kier alpha value is -0.380. The Morgan fingerprint density at radius 2 is 2.71 bits per heavy atom. The highest BCUT2D eigenvalue weighted by molar-refractivity contribution is 9.10. The van der Waals surface area contributed by atoms with Gasteiger partial charge in [0, 0.05) is 15.9 Å². The minimum absolute atomic E-state index is 0.759. The molecule has 0 fully saturated rings. The Balaban J connectivity index is 3.04. The Morgan fingerprint density at radius 3 is 2.86 bits per heavy atom. The summed E-state index contributed by atoms with van der Waals surface area (Å²) in [7, 11) is 1.87. The highest BCUT2D eigenvalue weighted by atomic mass is 79.9. The van der Waals surface area contributed by atoms with E-state index < -0.39 is 0 Å². The Labute approximate surface area is 49.5 Å². The second-order valence-corrected chi connectivity index (χ2v) is 2.01. The number of nitrogens with zero attached hydrogens (tertiary/aromatic N) is 2. The maximum Gasteiger partial charge on any atom is 0.318 e. The van der Waals surface area contributed by atoms with Crippen LogP contribution in [0, 0.1) is 0 Å². The summed E-state index contributed by atoms with van der Waals surface area (Å²) in [6, 6.07) is 0. The van der Waals surface area contributed by atoms with Crippen molar-refractivity contribution in [1.82, 2.24) is 10.1 Å². The van der Waals surface area contributed by atoms with Crippen LogP contribution in [-0.4, -0.2) is 10.1 Å². The van der Waals surface area contributed by atoms with E-state index in [-0.39, 0.29) is 0 Å². The normalized spacial score (nSPS) is 9.43. The number of aromatic amines is 1. The summed E-state index contributed by atoms with van der Waals surface area (Å²) >= 11 is 3.14. The van der Waals surface area contributed by atoms with Gasteiger partial charge >= 0.3 is 11.1 Å². The van der Waals surface area contributed by atoms with E-state index >= 15 is 0 Å². The van der Waals surface area contributed by atoms with Gasteiger partial charge < -0.3 is 0 Å². The van der Waals surface area contributed by atoms with Crippen molar-refractivity contribution in [1.29, 1.82) is 0 Å². The molecule has 1 heterocycles. The Bertz CT molecular complexity index is 142. The molecule has 0 aliphatic heterocycles. The van der Waals surface area contributed by atoms with Crippen LogP contribution in [0.15, 0.2) is 11.1 Å². The summed E-state index contributed by atoms with van der Waals surface area (Å²) in [6.45, 7) is 0. The summed E-state index contributed by atoms with van der Waals surface area (Å²) in [6.07, 6.45) is 1.68. The van der Waals surface area contributed by atoms with Crippen LogP contribution in [0.5, 0.6) is 0 Å². The van der Waals surface area contributed by atoms with Gasteiger partial charge in [-0.25, -0.2) is 0 Å². The number of nitrogens with one attached hydrogen (secondary N) is 1. The fraction of sp³-hybridized carbons (Fsp3) is 0.333. The number of aryl methyl sites for hydroxylation is 1. The summed E-state index contributed by atoms with van der Waals surface area (Å²) in [4.78, 5) is 3.84. The first kappa shape index (κ1) is 4.77. The van der Waals surface area contributed by atoms with Crippen LogP contribution < -0.4 is 4.68 Å². The van der Waals surface area contributed by atoms with Crippen LogP contribution in [0.25, 0.3) is 0 Å². The van der Waals surface area contributed by atoms with Gasteiger partial charge in [0.1, 0.15) is 7.05 Å². The van der Waals surface area contributed by atoms with Crippen LogP contribution in [0.2, 0.25) is 0 Å². The average Bonchev–Trinajstić information content (AvgIpc) is 1.87. The summed E-state index contributed by atoms with van der Waals surface area (Å²) < 4.78 is 2.51. The zero-order valence-corrected chi connectivity index (χ0v) is 5.44. The molecule has 0 saturated carbocycles. The first-order valence-electron chi connectivity index (χ1n) is 1.85. The molecule has 0 aliphatic carbocycles. The van der Waals surface area contributed by atoms with E-state index in [9.17, 15) is 0 Å². The summed E-state index contributed by atoms with van der Waals surface area (Å²) in [5.74, 6) is 0. The maximum absolute atomic E-state index is 3.84. The van der Waals surface area contributed by atoms with Crippen LogP contribution in [0.3, 0.4) is 0 Å². The fourth-order valence-corrected chi connectivity index (χ4v) is 0.712. The van der Waals surface area contributed by atoms with Crippen molar-refractivity contribution < 1.29 is 4.68 Å². The molecule has 1 aromatic heterocycles. The van der Waals surface area contributed by atoms with E-state index in [0.717, 1.165) is 4.73 Å². The van der Waals surface area contributed by atoms with Gasteiger partial charge in [-0.05, 0) is 4.98 Å². The topological polar surface area (TPSA) is 32.6 Å². The van der Waals surface area contributed by atoms with Gasteiger partial charge in [0.15, 0.2) is 0 Å². The molecule has 0 spiro atoms. The number of halogens is 1. The molecule has 1 N–H and O–H groups in total. The van der Waals surface area contributed by atoms with E-state index in [1.165, 1.54) is 0 Å². The lowest BCUT2D eigenvalue weighted by Crippen LogP contribution is -2.28. The second-order valence-electron chi connectivity index (χ2n) is 1.26. The van der Waals surface area contributed by atoms with Gasteiger partial charge in [0.2, 0.25) is 0 Å². The second kappa shape index (κ2) is 1.61. The minimum atomic E-state index is 0.759. The molecule has 1 aromatic rings. The minimum Gasteiger partial charge on any atom is -0.182 e. The highest BCUT2D eigenvalue weighted by Crippen LogP contribution is 1.92. The standard InChI is InChI=1S/C3H4BrN3/c1-7-2-5-3(4)6-7/h2H,1H3/p+1. The highest BCUT2D eigenvalue weighted by Gasteiger charge is 1.95. The summed E-state index contributed by atoms with van der Waals surface area (Å²) in [5.41, 5.74) is 0. The first-order chi connectivity index (χ1) is 3.29. The fourth-order valence-electron chi connectivity index (χ4n) is 0.341. The molecule has 0 bridgehead atoms. The molecular formula is C3H5BrN3+. The number of hydrogen-bond acceptors (Lipinski definition) is 1. The number of aromatic nitrogens is 3. The van der Waals surface area contributed by atoms with Gasteiger partial charge in [-0.1, -0.05) is 0 Å². The molecule has 4 heteroatoms.